The number of esters is 1. The number of unbranched alkanes of at least 4 members (excludes halogenated alkanes) is 5. The summed E-state index contributed by atoms with van der Waals surface area (Å²) in [6.07, 6.45) is 16.4. The highest BCUT2D eigenvalue weighted by Crippen LogP contribution is 2.44. The number of rotatable bonds is 17. The molecule has 0 amide bonds. The number of ether oxygens (including phenoxy) is 1. The fourth-order valence-corrected chi connectivity index (χ4v) is 5.14. The van der Waals surface area contributed by atoms with E-state index in [2.05, 4.69) is 33.8 Å². The van der Waals surface area contributed by atoms with Gasteiger partial charge < -0.3 is 14.9 Å². The van der Waals surface area contributed by atoms with E-state index in [1.807, 2.05) is 6.92 Å². The van der Waals surface area contributed by atoms with Crippen molar-refractivity contribution in [2.24, 2.45) is 11.3 Å². The van der Waals surface area contributed by atoms with Gasteiger partial charge in [0.25, 0.3) is 0 Å². The minimum Gasteiger partial charge on any atom is -0.466 e. The lowest BCUT2D eigenvalue weighted by atomic mass is 9.67. The molecule has 0 aliphatic heterocycles. The van der Waals surface area contributed by atoms with Crippen LogP contribution in [0.5, 0.6) is 0 Å². The zero-order chi connectivity index (χ0) is 24.0. The molecule has 188 valence electrons. The third-order valence-electron chi connectivity index (χ3n) is 7.68. The molecule has 0 aromatic carbocycles. The van der Waals surface area contributed by atoms with E-state index in [0.717, 1.165) is 83.5 Å². The first-order valence-electron chi connectivity index (χ1n) is 13.5. The summed E-state index contributed by atoms with van der Waals surface area (Å²) < 4.78 is 4.98. The molecule has 1 unspecified atom stereocenters. The number of aliphatic hydroxyl groups excluding tert-OH is 1. The van der Waals surface area contributed by atoms with Crippen molar-refractivity contribution in [3.8, 4) is 0 Å². The Morgan fingerprint density at radius 2 is 1.69 bits per heavy atom. The van der Waals surface area contributed by atoms with Crippen LogP contribution in [0.3, 0.4) is 0 Å². The summed E-state index contributed by atoms with van der Waals surface area (Å²) >= 11 is 0. The molecule has 1 saturated carbocycles. The van der Waals surface area contributed by atoms with Crippen molar-refractivity contribution in [1.29, 1.82) is 0 Å². The van der Waals surface area contributed by atoms with Gasteiger partial charge in [0.1, 0.15) is 0 Å². The number of carbonyl (C=O) groups excluding carboxylic acids is 1. The highest BCUT2D eigenvalue weighted by atomic mass is 16.5. The molecule has 0 spiro atoms. The molecule has 4 heteroatoms. The Bertz CT molecular complexity index is 554. The van der Waals surface area contributed by atoms with Crippen LogP contribution in [0.25, 0.3) is 0 Å². The van der Waals surface area contributed by atoms with Gasteiger partial charge in [-0.2, -0.15) is 0 Å². The Labute approximate surface area is 198 Å². The Morgan fingerprint density at radius 1 is 1.03 bits per heavy atom. The molecule has 32 heavy (non-hydrogen) atoms. The first kappa shape index (κ1) is 29.2. The van der Waals surface area contributed by atoms with Crippen LogP contribution in [0.4, 0.5) is 0 Å². The molecule has 1 fully saturated rings. The maximum Gasteiger partial charge on any atom is 0.305 e. The molecule has 1 aliphatic carbocycles. The van der Waals surface area contributed by atoms with E-state index in [1.165, 1.54) is 5.57 Å². The van der Waals surface area contributed by atoms with Crippen molar-refractivity contribution in [3.63, 3.8) is 0 Å². The fourth-order valence-electron chi connectivity index (χ4n) is 5.14. The highest BCUT2D eigenvalue weighted by Gasteiger charge is 2.42. The molecular weight excluding hydrogens is 400 g/mol. The van der Waals surface area contributed by atoms with E-state index in [4.69, 9.17) is 4.74 Å². The average Bonchev–Trinajstić information content (AvgIpc) is 3.11. The van der Waals surface area contributed by atoms with Crippen LogP contribution < -0.4 is 0 Å². The zero-order valence-electron chi connectivity index (χ0n) is 21.8. The van der Waals surface area contributed by atoms with E-state index < -0.39 is 5.60 Å². The quantitative estimate of drug-likeness (QED) is 0.140. The second-order valence-electron chi connectivity index (χ2n) is 10.6. The summed E-state index contributed by atoms with van der Waals surface area (Å²) in [6.45, 7) is 11.2. The lowest BCUT2D eigenvalue weighted by Gasteiger charge is -2.43. The summed E-state index contributed by atoms with van der Waals surface area (Å²) in [4.78, 5) is 11.4. The van der Waals surface area contributed by atoms with Crippen LogP contribution in [-0.4, -0.2) is 34.5 Å². The van der Waals surface area contributed by atoms with Crippen LogP contribution in [-0.2, 0) is 9.53 Å². The lowest BCUT2D eigenvalue weighted by molar-refractivity contribution is -0.143. The van der Waals surface area contributed by atoms with Gasteiger partial charge in [-0.15, -0.1) is 0 Å². The summed E-state index contributed by atoms with van der Waals surface area (Å²) in [5.41, 5.74) is 0.558. The number of hydrogen-bond acceptors (Lipinski definition) is 4. The molecule has 4 nitrogen and oxygen atoms in total. The van der Waals surface area contributed by atoms with Gasteiger partial charge in [0.2, 0.25) is 0 Å². The van der Waals surface area contributed by atoms with E-state index in [1.54, 1.807) is 0 Å². The number of carbonyl (C=O) groups is 1. The molecule has 3 atom stereocenters. The zero-order valence-corrected chi connectivity index (χ0v) is 21.8. The normalized spacial score (nSPS) is 22.3. The molecular formula is C28H52O4. The van der Waals surface area contributed by atoms with Gasteiger partial charge in [-0.1, -0.05) is 84.3 Å². The van der Waals surface area contributed by atoms with Gasteiger partial charge in [-0.3, -0.25) is 4.79 Å². The Kier molecular flexibility index (Phi) is 13.8. The van der Waals surface area contributed by atoms with Crippen molar-refractivity contribution in [2.75, 3.05) is 6.61 Å². The summed E-state index contributed by atoms with van der Waals surface area (Å²) in [5, 5.41) is 22.3. The minimum atomic E-state index is -0.684. The fraction of sp³-hybridized carbons (Fsp3) is 0.893. The van der Waals surface area contributed by atoms with Gasteiger partial charge in [-0.25, -0.2) is 0 Å². The van der Waals surface area contributed by atoms with Crippen molar-refractivity contribution in [2.45, 2.75) is 143 Å². The van der Waals surface area contributed by atoms with Crippen molar-refractivity contribution in [1.82, 2.24) is 0 Å². The molecule has 0 heterocycles. The molecule has 0 radical (unpaired) electrons. The molecule has 0 aromatic rings. The Hall–Kier alpha value is -0.870. The van der Waals surface area contributed by atoms with Crippen molar-refractivity contribution < 1.29 is 19.7 Å². The van der Waals surface area contributed by atoms with E-state index in [9.17, 15) is 15.0 Å². The third kappa shape index (κ3) is 9.55. The smallest absolute Gasteiger partial charge is 0.305 e. The molecule has 0 bridgehead atoms. The van der Waals surface area contributed by atoms with Crippen LogP contribution in [0.15, 0.2) is 11.6 Å². The van der Waals surface area contributed by atoms with E-state index in [0.29, 0.717) is 19.4 Å². The maximum atomic E-state index is 11.7. The van der Waals surface area contributed by atoms with Crippen LogP contribution in [0, 0.1) is 11.3 Å². The van der Waals surface area contributed by atoms with Gasteiger partial charge in [0.05, 0.1) is 18.3 Å². The summed E-state index contributed by atoms with van der Waals surface area (Å²) in [7, 11) is 0. The number of hydrogen-bond donors (Lipinski definition) is 2. The molecule has 0 saturated heterocycles. The monoisotopic (exact) mass is 452 g/mol. The largest absolute Gasteiger partial charge is 0.466 e. The average molecular weight is 453 g/mol. The van der Waals surface area contributed by atoms with Gasteiger partial charge in [0.15, 0.2) is 0 Å². The first-order chi connectivity index (χ1) is 15.2. The Balaban J connectivity index is 2.64. The van der Waals surface area contributed by atoms with Crippen molar-refractivity contribution in [3.05, 3.63) is 11.6 Å². The highest BCUT2D eigenvalue weighted by molar-refractivity contribution is 5.69. The topological polar surface area (TPSA) is 66.8 Å². The third-order valence-corrected chi connectivity index (χ3v) is 7.68. The van der Waals surface area contributed by atoms with Crippen molar-refractivity contribution >= 4 is 5.97 Å². The van der Waals surface area contributed by atoms with Gasteiger partial charge in [-0.05, 0) is 57.3 Å². The van der Waals surface area contributed by atoms with Crippen LogP contribution in [0.1, 0.15) is 131 Å². The predicted octanol–water partition coefficient (Wildman–Crippen LogP) is 7.12. The van der Waals surface area contributed by atoms with Gasteiger partial charge >= 0.3 is 5.97 Å². The number of aliphatic hydroxyl groups is 2. The predicted molar refractivity (Wildman–Crippen MR) is 134 cm³/mol. The standard InChI is InChI=1S/C28H52O4/c1-6-9-20-27(4,5)28(31,21-10-7-2)22-19-23-17-18-25(29)24(23)15-13-11-12-14-16-26(30)32-8-3/h19,24-25,29,31H,6-18,20-22H2,1-5H3/t24-,25+,28?/m1/s1. The maximum absolute atomic E-state index is 11.7. The molecule has 1 rings (SSSR count). The first-order valence-corrected chi connectivity index (χ1v) is 13.5. The second kappa shape index (κ2) is 15.1. The van der Waals surface area contributed by atoms with Crippen LogP contribution >= 0.6 is 0 Å². The van der Waals surface area contributed by atoms with E-state index >= 15 is 0 Å². The van der Waals surface area contributed by atoms with Gasteiger partial charge in [0, 0.05) is 12.3 Å². The summed E-state index contributed by atoms with van der Waals surface area (Å²) in [5.74, 6) is 0.135. The van der Waals surface area contributed by atoms with E-state index in [-0.39, 0.29) is 23.4 Å². The Morgan fingerprint density at radius 3 is 2.34 bits per heavy atom. The minimum absolute atomic E-state index is 0.0960. The second-order valence-corrected chi connectivity index (χ2v) is 10.6. The SMILES string of the molecule is CCCCC(C)(C)C(O)(CC=C1CC[C@H](O)[C@@H]1CCCCCCC(=O)OCC)CCCC. The summed E-state index contributed by atoms with van der Waals surface area (Å²) in [6, 6.07) is 0. The van der Waals surface area contributed by atoms with Crippen LogP contribution in [0.2, 0.25) is 0 Å². The molecule has 1 aliphatic rings. The molecule has 2 N–H and O–H groups in total. The molecule has 0 aromatic heterocycles. The lowest BCUT2D eigenvalue weighted by Crippen LogP contribution is -2.44.